The van der Waals surface area contributed by atoms with Gasteiger partial charge in [0.25, 0.3) is 0 Å². The van der Waals surface area contributed by atoms with Crippen LogP contribution in [0.4, 0.5) is 0 Å². The number of rotatable bonds is 3. The molecular formula is C14H17N. The molecule has 0 saturated carbocycles. The van der Waals surface area contributed by atoms with E-state index in [1.165, 1.54) is 24.8 Å². The van der Waals surface area contributed by atoms with Gasteiger partial charge >= 0.3 is 0 Å². The number of nitrogens with zero attached hydrogens (tertiary/aromatic N) is 1. The molecule has 1 aliphatic rings. The van der Waals surface area contributed by atoms with E-state index in [4.69, 9.17) is 0 Å². The molecule has 0 spiro atoms. The Morgan fingerprint density at radius 1 is 1.27 bits per heavy atom. The van der Waals surface area contributed by atoms with Gasteiger partial charge in [-0.05, 0) is 24.8 Å². The monoisotopic (exact) mass is 199 g/mol. The summed E-state index contributed by atoms with van der Waals surface area (Å²) in [7, 11) is 0. The maximum atomic E-state index is 4.57. The standard InChI is InChI=1S/C14H17N/c1-3-7-13(8-4-1)11-12-15-14-9-5-2-6-10-14/h1,3-5,7-9,12,14H,2,6,10-11H2/b15-12+. The van der Waals surface area contributed by atoms with Gasteiger partial charge < -0.3 is 0 Å². The van der Waals surface area contributed by atoms with Crippen LogP contribution in [0.5, 0.6) is 0 Å². The van der Waals surface area contributed by atoms with Crippen LogP contribution in [0.2, 0.25) is 0 Å². The number of benzene rings is 1. The quantitative estimate of drug-likeness (QED) is 0.522. The number of hydrogen-bond acceptors (Lipinski definition) is 1. The lowest BCUT2D eigenvalue weighted by Gasteiger charge is -2.10. The molecule has 1 atom stereocenters. The lowest BCUT2D eigenvalue weighted by Crippen LogP contribution is -2.04. The number of aliphatic imine (C=N–C) groups is 1. The molecule has 15 heavy (non-hydrogen) atoms. The van der Waals surface area contributed by atoms with Crippen LogP contribution < -0.4 is 0 Å². The third-order valence-corrected chi connectivity index (χ3v) is 2.70. The fourth-order valence-corrected chi connectivity index (χ4v) is 1.83. The molecule has 2 rings (SSSR count). The fourth-order valence-electron chi connectivity index (χ4n) is 1.83. The summed E-state index contributed by atoms with van der Waals surface area (Å²) in [5.74, 6) is 0. The molecular weight excluding hydrogens is 182 g/mol. The SMILES string of the molecule is C1=CC(/N=C/Cc2ccccc2)CCC1. The molecule has 1 unspecified atom stereocenters. The van der Waals surface area contributed by atoms with E-state index in [1.54, 1.807) is 0 Å². The van der Waals surface area contributed by atoms with Crippen LogP contribution in [0.25, 0.3) is 0 Å². The third-order valence-electron chi connectivity index (χ3n) is 2.70. The summed E-state index contributed by atoms with van der Waals surface area (Å²) in [5.41, 5.74) is 1.33. The van der Waals surface area contributed by atoms with Crippen LogP contribution in [0.3, 0.4) is 0 Å². The van der Waals surface area contributed by atoms with E-state index in [0.717, 1.165) is 6.42 Å². The molecule has 0 aliphatic heterocycles. The largest absolute Gasteiger partial charge is 0.290 e. The molecule has 0 aromatic heterocycles. The molecule has 0 heterocycles. The molecule has 1 aromatic rings. The van der Waals surface area contributed by atoms with E-state index < -0.39 is 0 Å². The van der Waals surface area contributed by atoms with Gasteiger partial charge in [0.15, 0.2) is 0 Å². The summed E-state index contributed by atoms with van der Waals surface area (Å²) in [6.45, 7) is 0. The van der Waals surface area contributed by atoms with Gasteiger partial charge in [-0.2, -0.15) is 0 Å². The van der Waals surface area contributed by atoms with Crippen molar-refractivity contribution in [3.05, 3.63) is 48.0 Å². The minimum absolute atomic E-state index is 0.433. The molecule has 0 amide bonds. The minimum atomic E-state index is 0.433. The van der Waals surface area contributed by atoms with Crippen molar-refractivity contribution in [2.24, 2.45) is 4.99 Å². The van der Waals surface area contributed by atoms with Crippen LogP contribution in [0.15, 0.2) is 47.5 Å². The van der Waals surface area contributed by atoms with E-state index in [2.05, 4.69) is 47.6 Å². The van der Waals surface area contributed by atoms with Gasteiger partial charge in [0.05, 0.1) is 6.04 Å². The Bertz CT molecular complexity index is 338. The normalized spacial score (nSPS) is 20.9. The number of hydrogen-bond donors (Lipinski definition) is 0. The highest BCUT2D eigenvalue weighted by molar-refractivity contribution is 5.61. The summed E-state index contributed by atoms with van der Waals surface area (Å²) >= 11 is 0. The van der Waals surface area contributed by atoms with Gasteiger partial charge in [0.1, 0.15) is 0 Å². The average molecular weight is 199 g/mol. The third kappa shape index (κ3) is 3.35. The Morgan fingerprint density at radius 2 is 2.13 bits per heavy atom. The van der Waals surface area contributed by atoms with E-state index in [0.29, 0.717) is 6.04 Å². The molecule has 1 aromatic carbocycles. The second-order valence-electron chi connectivity index (χ2n) is 3.95. The van der Waals surface area contributed by atoms with Crippen LogP contribution in [-0.4, -0.2) is 12.3 Å². The number of allylic oxidation sites excluding steroid dienone is 1. The van der Waals surface area contributed by atoms with Gasteiger partial charge in [0, 0.05) is 12.6 Å². The maximum absolute atomic E-state index is 4.57. The van der Waals surface area contributed by atoms with Gasteiger partial charge in [0.2, 0.25) is 0 Å². The Kier molecular flexibility index (Phi) is 3.72. The smallest absolute Gasteiger partial charge is 0.0676 e. The zero-order valence-electron chi connectivity index (χ0n) is 8.97. The van der Waals surface area contributed by atoms with Crippen molar-refractivity contribution in [3.8, 4) is 0 Å². The molecule has 78 valence electrons. The first kappa shape index (κ1) is 10.2. The van der Waals surface area contributed by atoms with Crippen LogP contribution in [0.1, 0.15) is 24.8 Å². The second-order valence-corrected chi connectivity index (χ2v) is 3.95. The van der Waals surface area contributed by atoms with Crippen LogP contribution >= 0.6 is 0 Å². The van der Waals surface area contributed by atoms with Crippen molar-refractivity contribution >= 4 is 6.21 Å². The van der Waals surface area contributed by atoms with Gasteiger partial charge in [-0.15, -0.1) is 0 Å². The highest BCUT2D eigenvalue weighted by Crippen LogP contribution is 2.12. The molecule has 0 N–H and O–H groups in total. The molecule has 1 nitrogen and oxygen atoms in total. The van der Waals surface area contributed by atoms with Crippen molar-refractivity contribution in [3.63, 3.8) is 0 Å². The zero-order valence-corrected chi connectivity index (χ0v) is 8.97. The Balaban J connectivity index is 1.85. The molecule has 0 radical (unpaired) electrons. The first-order valence-corrected chi connectivity index (χ1v) is 5.67. The second kappa shape index (κ2) is 5.50. The maximum Gasteiger partial charge on any atom is 0.0676 e. The van der Waals surface area contributed by atoms with Gasteiger partial charge in [-0.25, -0.2) is 0 Å². The molecule has 0 fully saturated rings. The predicted molar refractivity (Wildman–Crippen MR) is 65.4 cm³/mol. The molecule has 0 bridgehead atoms. The topological polar surface area (TPSA) is 12.4 Å². The highest BCUT2D eigenvalue weighted by atomic mass is 14.8. The molecule has 0 saturated heterocycles. The Morgan fingerprint density at radius 3 is 2.87 bits per heavy atom. The van der Waals surface area contributed by atoms with Crippen molar-refractivity contribution in [2.75, 3.05) is 0 Å². The van der Waals surface area contributed by atoms with Crippen molar-refractivity contribution in [2.45, 2.75) is 31.7 Å². The average Bonchev–Trinajstić information content (AvgIpc) is 2.32. The predicted octanol–water partition coefficient (Wildman–Crippen LogP) is 3.41. The van der Waals surface area contributed by atoms with E-state index in [9.17, 15) is 0 Å². The Hall–Kier alpha value is -1.37. The summed E-state index contributed by atoms with van der Waals surface area (Å²) in [5, 5.41) is 0. The summed E-state index contributed by atoms with van der Waals surface area (Å²) in [6, 6.07) is 10.9. The zero-order chi connectivity index (χ0) is 10.3. The van der Waals surface area contributed by atoms with Crippen molar-refractivity contribution in [1.29, 1.82) is 0 Å². The first-order chi connectivity index (χ1) is 7.45. The summed E-state index contributed by atoms with van der Waals surface area (Å²) < 4.78 is 0. The van der Waals surface area contributed by atoms with Crippen molar-refractivity contribution < 1.29 is 0 Å². The van der Waals surface area contributed by atoms with Crippen LogP contribution in [0, 0.1) is 0 Å². The van der Waals surface area contributed by atoms with E-state index >= 15 is 0 Å². The van der Waals surface area contributed by atoms with Gasteiger partial charge in [-0.3, -0.25) is 4.99 Å². The Labute approximate surface area is 91.6 Å². The van der Waals surface area contributed by atoms with Crippen molar-refractivity contribution in [1.82, 2.24) is 0 Å². The summed E-state index contributed by atoms with van der Waals surface area (Å²) in [6.07, 6.45) is 11.2. The summed E-state index contributed by atoms with van der Waals surface area (Å²) in [4.78, 5) is 4.57. The minimum Gasteiger partial charge on any atom is -0.290 e. The van der Waals surface area contributed by atoms with E-state index in [1.807, 2.05) is 6.07 Å². The lowest BCUT2D eigenvalue weighted by atomic mass is 10.0. The molecule has 1 heteroatoms. The first-order valence-electron chi connectivity index (χ1n) is 5.67. The van der Waals surface area contributed by atoms with Crippen LogP contribution in [-0.2, 0) is 6.42 Å². The fraction of sp³-hybridized carbons (Fsp3) is 0.357. The lowest BCUT2D eigenvalue weighted by molar-refractivity contribution is 0.648. The molecule has 1 aliphatic carbocycles. The highest BCUT2D eigenvalue weighted by Gasteiger charge is 2.04. The van der Waals surface area contributed by atoms with E-state index in [-0.39, 0.29) is 0 Å². The van der Waals surface area contributed by atoms with Gasteiger partial charge in [-0.1, -0.05) is 42.5 Å².